The lowest BCUT2D eigenvalue weighted by Gasteiger charge is -2.14. The molecule has 1 aliphatic heterocycles. The van der Waals surface area contributed by atoms with Crippen LogP contribution in [0.25, 0.3) is 6.08 Å². The highest BCUT2D eigenvalue weighted by molar-refractivity contribution is 6.32. The molecule has 0 bridgehead atoms. The first-order valence-electron chi connectivity index (χ1n) is 9.63. The summed E-state index contributed by atoms with van der Waals surface area (Å²) in [5.41, 5.74) is 0.956. The molecule has 1 heterocycles. The molecule has 4 amide bonds. The Hall–Kier alpha value is -3.39. The Morgan fingerprint density at radius 3 is 2.61 bits per heavy atom. The van der Waals surface area contributed by atoms with Crippen molar-refractivity contribution in [2.75, 3.05) is 11.9 Å². The van der Waals surface area contributed by atoms with Crippen LogP contribution in [-0.2, 0) is 9.59 Å². The van der Waals surface area contributed by atoms with Gasteiger partial charge in [-0.05, 0) is 61.4 Å². The minimum Gasteiger partial charge on any atom is -0.489 e. The van der Waals surface area contributed by atoms with E-state index in [9.17, 15) is 18.8 Å². The van der Waals surface area contributed by atoms with Gasteiger partial charge < -0.3 is 15.4 Å². The number of carbonyl (C=O) groups is 3. The smallest absolute Gasteiger partial charge is 0.329 e. The number of halogens is 2. The van der Waals surface area contributed by atoms with Gasteiger partial charge in [-0.2, -0.15) is 0 Å². The molecule has 9 heteroatoms. The third kappa shape index (κ3) is 5.61. The third-order valence-electron chi connectivity index (χ3n) is 4.56. The van der Waals surface area contributed by atoms with Gasteiger partial charge in [0.1, 0.15) is 23.8 Å². The summed E-state index contributed by atoms with van der Waals surface area (Å²) in [6, 6.07) is 9.44. The lowest BCUT2D eigenvalue weighted by atomic mass is 10.1. The van der Waals surface area contributed by atoms with Crippen molar-refractivity contribution in [3.63, 3.8) is 0 Å². The number of anilines is 1. The number of urea groups is 1. The van der Waals surface area contributed by atoms with Crippen LogP contribution in [0.5, 0.6) is 5.75 Å². The zero-order valence-corrected chi connectivity index (χ0v) is 17.7. The van der Waals surface area contributed by atoms with E-state index in [0.29, 0.717) is 22.0 Å². The second kappa shape index (κ2) is 9.61. The van der Waals surface area contributed by atoms with Crippen molar-refractivity contribution in [3.8, 4) is 5.75 Å². The van der Waals surface area contributed by atoms with Gasteiger partial charge in [-0.25, -0.2) is 14.1 Å². The maximum Gasteiger partial charge on any atom is 0.329 e. The van der Waals surface area contributed by atoms with E-state index in [0.717, 1.165) is 11.3 Å². The average Bonchev–Trinajstić information content (AvgIpc) is 2.99. The molecule has 0 saturated carbocycles. The van der Waals surface area contributed by atoms with E-state index in [1.165, 1.54) is 30.3 Å². The molecule has 1 unspecified atom stereocenters. The van der Waals surface area contributed by atoms with Crippen molar-refractivity contribution in [2.45, 2.75) is 26.4 Å². The standard InChI is InChI=1S/C22H21ClFN3O4/c1-3-13(2)31-19-9-4-14(10-17(19)23)11-18-21(29)27(22(30)26-18)12-20(28)25-16-7-5-15(24)6-8-16/h4-11,13H,3,12H2,1-2H3,(H,25,28)(H,26,30). The summed E-state index contributed by atoms with van der Waals surface area (Å²) in [5, 5.41) is 5.33. The number of rotatable bonds is 7. The Bertz CT molecular complexity index is 1040. The number of hydrogen-bond acceptors (Lipinski definition) is 4. The highest BCUT2D eigenvalue weighted by atomic mass is 35.5. The predicted octanol–water partition coefficient (Wildman–Crippen LogP) is 4.19. The van der Waals surface area contributed by atoms with Crippen LogP contribution >= 0.6 is 11.6 Å². The fourth-order valence-electron chi connectivity index (χ4n) is 2.76. The van der Waals surface area contributed by atoms with Crippen LogP contribution in [0.2, 0.25) is 5.02 Å². The van der Waals surface area contributed by atoms with Crippen LogP contribution in [0.15, 0.2) is 48.2 Å². The highest BCUT2D eigenvalue weighted by Gasteiger charge is 2.34. The molecular weight excluding hydrogens is 425 g/mol. The first kappa shape index (κ1) is 22.3. The van der Waals surface area contributed by atoms with Crippen LogP contribution in [0.4, 0.5) is 14.9 Å². The van der Waals surface area contributed by atoms with Crippen molar-refractivity contribution in [2.24, 2.45) is 0 Å². The SMILES string of the molecule is CCC(C)Oc1ccc(C=C2NC(=O)N(CC(=O)Nc3ccc(F)cc3)C2=O)cc1Cl. The summed E-state index contributed by atoms with van der Waals surface area (Å²) < 4.78 is 18.7. The molecule has 2 aromatic carbocycles. The normalized spacial score (nSPS) is 15.7. The van der Waals surface area contributed by atoms with Crippen molar-refractivity contribution < 1.29 is 23.5 Å². The van der Waals surface area contributed by atoms with Crippen molar-refractivity contribution in [3.05, 3.63) is 64.6 Å². The topological polar surface area (TPSA) is 87.7 Å². The number of ether oxygens (including phenoxy) is 1. The Morgan fingerprint density at radius 1 is 1.26 bits per heavy atom. The molecule has 1 aliphatic rings. The lowest BCUT2D eigenvalue weighted by Crippen LogP contribution is -2.38. The Kier molecular flexibility index (Phi) is 6.91. The fourth-order valence-corrected chi connectivity index (χ4v) is 3.00. The van der Waals surface area contributed by atoms with Gasteiger partial charge in [0.2, 0.25) is 5.91 Å². The summed E-state index contributed by atoms with van der Waals surface area (Å²) >= 11 is 6.25. The number of hydrogen-bond donors (Lipinski definition) is 2. The third-order valence-corrected chi connectivity index (χ3v) is 4.86. The lowest BCUT2D eigenvalue weighted by molar-refractivity contribution is -0.127. The monoisotopic (exact) mass is 445 g/mol. The molecule has 1 atom stereocenters. The molecule has 3 rings (SSSR count). The first-order valence-corrected chi connectivity index (χ1v) is 10.0. The zero-order valence-electron chi connectivity index (χ0n) is 16.9. The second-order valence-electron chi connectivity index (χ2n) is 6.96. The summed E-state index contributed by atoms with van der Waals surface area (Å²) in [6.07, 6.45) is 2.30. The molecule has 2 N–H and O–H groups in total. The summed E-state index contributed by atoms with van der Waals surface area (Å²) in [7, 11) is 0. The number of amides is 4. The molecule has 0 radical (unpaired) electrons. The van der Waals surface area contributed by atoms with Gasteiger partial charge in [-0.15, -0.1) is 0 Å². The minimum absolute atomic E-state index is 0.00650. The van der Waals surface area contributed by atoms with Crippen LogP contribution in [0.1, 0.15) is 25.8 Å². The number of nitrogens with zero attached hydrogens (tertiary/aromatic N) is 1. The molecule has 162 valence electrons. The second-order valence-corrected chi connectivity index (χ2v) is 7.37. The van der Waals surface area contributed by atoms with E-state index in [2.05, 4.69) is 10.6 Å². The van der Waals surface area contributed by atoms with Crippen LogP contribution in [0, 0.1) is 5.82 Å². The largest absolute Gasteiger partial charge is 0.489 e. The number of carbonyl (C=O) groups excluding carboxylic acids is 3. The Morgan fingerprint density at radius 2 is 1.97 bits per heavy atom. The average molecular weight is 446 g/mol. The van der Waals surface area contributed by atoms with Gasteiger partial charge >= 0.3 is 6.03 Å². The fraction of sp³-hybridized carbons (Fsp3) is 0.227. The molecule has 7 nitrogen and oxygen atoms in total. The molecule has 0 aliphatic carbocycles. The first-order chi connectivity index (χ1) is 14.8. The van der Waals surface area contributed by atoms with E-state index in [1.54, 1.807) is 18.2 Å². The van der Waals surface area contributed by atoms with Gasteiger partial charge in [-0.1, -0.05) is 24.6 Å². The zero-order chi connectivity index (χ0) is 22.5. The van der Waals surface area contributed by atoms with Gasteiger partial charge in [-0.3, -0.25) is 9.59 Å². The summed E-state index contributed by atoms with van der Waals surface area (Å²) in [6.45, 7) is 3.44. The molecule has 1 saturated heterocycles. The van der Waals surface area contributed by atoms with Gasteiger partial charge in [0.25, 0.3) is 5.91 Å². The highest BCUT2D eigenvalue weighted by Crippen LogP contribution is 2.28. The number of benzene rings is 2. The summed E-state index contributed by atoms with van der Waals surface area (Å²) in [5.74, 6) is -1.15. The number of nitrogens with one attached hydrogen (secondary N) is 2. The molecule has 1 fully saturated rings. The van der Waals surface area contributed by atoms with E-state index < -0.39 is 30.2 Å². The molecule has 31 heavy (non-hydrogen) atoms. The van der Waals surface area contributed by atoms with Crippen LogP contribution in [-0.4, -0.2) is 35.4 Å². The summed E-state index contributed by atoms with van der Waals surface area (Å²) in [4.78, 5) is 37.7. The minimum atomic E-state index is -0.715. The molecular formula is C22H21ClFN3O4. The number of imide groups is 1. The molecule has 0 spiro atoms. The predicted molar refractivity (Wildman–Crippen MR) is 115 cm³/mol. The maximum atomic E-state index is 13.0. The van der Waals surface area contributed by atoms with E-state index in [4.69, 9.17) is 16.3 Å². The maximum absolute atomic E-state index is 13.0. The van der Waals surface area contributed by atoms with E-state index in [-0.39, 0.29) is 11.8 Å². The molecule has 0 aromatic heterocycles. The van der Waals surface area contributed by atoms with Gasteiger partial charge in [0.15, 0.2) is 0 Å². The van der Waals surface area contributed by atoms with Crippen molar-refractivity contribution in [1.82, 2.24) is 10.2 Å². The Balaban J connectivity index is 1.67. The Labute approximate surface area is 183 Å². The van der Waals surface area contributed by atoms with E-state index in [1.807, 2.05) is 13.8 Å². The van der Waals surface area contributed by atoms with Gasteiger partial charge in [0.05, 0.1) is 11.1 Å². The van der Waals surface area contributed by atoms with Crippen molar-refractivity contribution in [1.29, 1.82) is 0 Å². The van der Waals surface area contributed by atoms with Crippen LogP contribution < -0.4 is 15.4 Å². The van der Waals surface area contributed by atoms with Crippen LogP contribution in [0.3, 0.4) is 0 Å². The molecule has 2 aromatic rings. The quantitative estimate of drug-likeness (QED) is 0.494. The van der Waals surface area contributed by atoms with Gasteiger partial charge in [0, 0.05) is 5.69 Å². The van der Waals surface area contributed by atoms with Crippen molar-refractivity contribution >= 4 is 41.2 Å². The van der Waals surface area contributed by atoms with E-state index >= 15 is 0 Å².